The minimum atomic E-state index is -0.105. The number of piperazine rings is 1. The summed E-state index contributed by atoms with van der Waals surface area (Å²) < 4.78 is 0. The van der Waals surface area contributed by atoms with Crippen LogP contribution in [0.2, 0.25) is 0 Å². The number of carbonyl (C=O) groups excluding carboxylic acids is 2. The summed E-state index contributed by atoms with van der Waals surface area (Å²) in [6, 6.07) is 7.48. The van der Waals surface area contributed by atoms with E-state index in [1.54, 1.807) is 4.90 Å². The summed E-state index contributed by atoms with van der Waals surface area (Å²) >= 11 is 0. The summed E-state index contributed by atoms with van der Waals surface area (Å²) in [6.45, 7) is 3.65. The van der Waals surface area contributed by atoms with Crippen LogP contribution in [0.5, 0.6) is 0 Å². The minimum Gasteiger partial charge on any atom is -0.353 e. The number of hydrogen-bond acceptors (Lipinski definition) is 5. The van der Waals surface area contributed by atoms with E-state index in [-0.39, 0.29) is 18.4 Å². The molecule has 3 rings (SSSR count). The van der Waals surface area contributed by atoms with Crippen molar-refractivity contribution in [1.82, 2.24) is 20.4 Å². The van der Waals surface area contributed by atoms with Gasteiger partial charge >= 0.3 is 0 Å². The number of nitrogens with zero attached hydrogens (tertiary/aromatic N) is 3. The standard InChI is InChI=1S/C16H21N5O2/c1-20-8-6-18-16(20)19-10-12-2-4-13(5-3-12)15(23)21-9-7-17-14(22)11-21/h2-5H,6-11H2,1H3,(H,17,22)(H,18,19). The maximum atomic E-state index is 12.4. The molecule has 2 N–H and O–H groups in total. The Labute approximate surface area is 135 Å². The molecule has 7 nitrogen and oxygen atoms in total. The first-order valence-electron chi connectivity index (χ1n) is 7.78. The van der Waals surface area contributed by atoms with Gasteiger partial charge in [-0.3, -0.25) is 14.6 Å². The molecule has 23 heavy (non-hydrogen) atoms. The van der Waals surface area contributed by atoms with Gasteiger partial charge in [-0.2, -0.15) is 0 Å². The average molecular weight is 315 g/mol. The van der Waals surface area contributed by atoms with Crippen LogP contribution in [0.3, 0.4) is 0 Å². The van der Waals surface area contributed by atoms with Gasteiger partial charge in [0.15, 0.2) is 5.96 Å². The fourth-order valence-corrected chi connectivity index (χ4v) is 2.66. The van der Waals surface area contributed by atoms with Gasteiger partial charge in [0.05, 0.1) is 13.1 Å². The number of hydrogen-bond donors (Lipinski definition) is 2. The highest BCUT2D eigenvalue weighted by Gasteiger charge is 2.22. The molecule has 0 unspecified atom stereocenters. The van der Waals surface area contributed by atoms with Gasteiger partial charge in [-0.1, -0.05) is 12.1 Å². The first-order chi connectivity index (χ1) is 11.1. The van der Waals surface area contributed by atoms with Crippen molar-refractivity contribution in [2.24, 2.45) is 4.99 Å². The van der Waals surface area contributed by atoms with Crippen LogP contribution in [0.1, 0.15) is 15.9 Å². The van der Waals surface area contributed by atoms with E-state index in [1.165, 1.54) is 0 Å². The van der Waals surface area contributed by atoms with Gasteiger partial charge in [-0.25, -0.2) is 0 Å². The molecule has 1 fully saturated rings. The molecule has 122 valence electrons. The maximum absolute atomic E-state index is 12.4. The molecule has 0 bridgehead atoms. The van der Waals surface area contributed by atoms with Crippen molar-refractivity contribution in [3.63, 3.8) is 0 Å². The lowest BCUT2D eigenvalue weighted by Gasteiger charge is -2.26. The van der Waals surface area contributed by atoms with Crippen LogP contribution in [-0.2, 0) is 11.3 Å². The molecular weight excluding hydrogens is 294 g/mol. The molecule has 0 saturated carbocycles. The molecule has 0 aliphatic carbocycles. The van der Waals surface area contributed by atoms with E-state index < -0.39 is 0 Å². The molecule has 1 aromatic rings. The lowest BCUT2D eigenvalue weighted by atomic mass is 10.1. The molecule has 2 heterocycles. The second-order valence-corrected chi connectivity index (χ2v) is 5.75. The molecule has 0 atom stereocenters. The molecule has 1 aromatic carbocycles. The Kier molecular flexibility index (Phi) is 4.45. The van der Waals surface area contributed by atoms with Gasteiger partial charge in [-0.15, -0.1) is 0 Å². The zero-order chi connectivity index (χ0) is 16.2. The third kappa shape index (κ3) is 3.61. The number of nitrogens with one attached hydrogen (secondary N) is 2. The highest BCUT2D eigenvalue weighted by Crippen LogP contribution is 2.09. The fraction of sp³-hybridized carbons (Fsp3) is 0.438. The Bertz CT molecular complexity index is 626. The summed E-state index contributed by atoms with van der Waals surface area (Å²) in [5.74, 6) is 0.704. The van der Waals surface area contributed by atoms with E-state index in [0.29, 0.717) is 25.2 Å². The van der Waals surface area contributed by atoms with Gasteiger partial charge < -0.3 is 20.4 Å². The first kappa shape index (κ1) is 15.3. The van der Waals surface area contributed by atoms with Gasteiger partial charge in [0.1, 0.15) is 0 Å². The van der Waals surface area contributed by atoms with Crippen LogP contribution >= 0.6 is 0 Å². The molecule has 0 radical (unpaired) electrons. The van der Waals surface area contributed by atoms with Crippen molar-refractivity contribution in [1.29, 1.82) is 0 Å². The summed E-state index contributed by atoms with van der Waals surface area (Å²) in [6.07, 6.45) is 0. The summed E-state index contributed by atoms with van der Waals surface area (Å²) in [4.78, 5) is 31.8. The lowest BCUT2D eigenvalue weighted by molar-refractivity contribution is -0.123. The van der Waals surface area contributed by atoms with Gasteiger partial charge in [0.25, 0.3) is 5.91 Å². The fourth-order valence-electron chi connectivity index (χ4n) is 2.66. The predicted octanol–water partition coefficient (Wildman–Crippen LogP) is -0.350. The zero-order valence-electron chi connectivity index (χ0n) is 13.2. The molecule has 7 heteroatoms. The number of rotatable bonds is 3. The number of guanidine groups is 1. The Morgan fingerprint density at radius 3 is 2.74 bits per heavy atom. The van der Waals surface area contributed by atoms with Crippen molar-refractivity contribution in [3.8, 4) is 0 Å². The van der Waals surface area contributed by atoms with E-state index in [1.807, 2.05) is 31.3 Å². The molecule has 0 aromatic heterocycles. The van der Waals surface area contributed by atoms with Crippen molar-refractivity contribution in [2.45, 2.75) is 6.54 Å². The van der Waals surface area contributed by atoms with Gasteiger partial charge in [0, 0.05) is 38.8 Å². The largest absolute Gasteiger partial charge is 0.353 e. The normalized spacial score (nSPS) is 17.8. The minimum absolute atomic E-state index is 0.0979. The highest BCUT2D eigenvalue weighted by atomic mass is 16.2. The lowest BCUT2D eigenvalue weighted by Crippen LogP contribution is -2.49. The average Bonchev–Trinajstić information content (AvgIpc) is 2.98. The van der Waals surface area contributed by atoms with Crippen molar-refractivity contribution in [2.75, 3.05) is 39.8 Å². The van der Waals surface area contributed by atoms with Crippen LogP contribution < -0.4 is 10.6 Å². The van der Waals surface area contributed by atoms with Crippen LogP contribution in [0.4, 0.5) is 0 Å². The Morgan fingerprint density at radius 1 is 1.30 bits per heavy atom. The number of likely N-dealkylation sites (N-methyl/N-ethyl adjacent to an activating group) is 1. The summed E-state index contributed by atoms with van der Waals surface area (Å²) in [5.41, 5.74) is 1.69. The summed E-state index contributed by atoms with van der Waals surface area (Å²) in [7, 11) is 2.01. The smallest absolute Gasteiger partial charge is 0.254 e. The van der Waals surface area contributed by atoms with E-state index in [9.17, 15) is 9.59 Å². The molecule has 2 aliphatic rings. The van der Waals surface area contributed by atoms with Crippen LogP contribution in [0.25, 0.3) is 0 Å². The quantitative estimate of drug-likeness (QED) is 0.799. The Morgan fingerprint density at radius 2 is 2.09 bits per heavy atom. The third-order valence-corrected chi connectivity index (χ3v) is 4.04. The van der Waals surface area contributed by atoms with Crippen LogP contribution in [0, 0.1) is 0 Å². The number of carbonyl (C=O) groups is 2. The zero-order valence-corrected chi connectivity index (χ0v) is 13.2. The highest BCUT2D eigenvalue weighted by molar-refractivity contribution is 5.97. The third-order valence-electron chi connectivity index (χ3n) is 4.04. The molecule has 2 amide bonds. The predicted molar refractivity (Wildman–Crippen MR) is 87.1 cm³/mol. The SMILES string of the molecule is CN1CCN=C1NCc1ccc(C(=O)N2CCNC(=O)C2)cc1. The van der Waals surface area contributed by atoms with Gasteiger partial charge in [-0.05, 0) is 17.7 Å². The number of aliphatic imine (C=N–C) groups is 1. The Balaban J connectivity index is 1.58. The topological polar surface area (TPSA) is 77.0 Å². The number of amides is 2. The molecule has 0 spiro atoms. The molecule has 1 saturated heterocycles. The molecular formula is C16H21N5O2. The monoisotopic (exact) mass is 315 g/mol. The number of benzene rings is 1. The first-order valence-corrected chi connectivity index (χ1v) is 7.78. The summed E-state index contributed by atoms with van der Waals surface area (Å²) in [5, 5.41) is 6.01. The van der Waals surface area contributed by atoms with E-state index in [4.69, 9.17) is 0 Å². The van der Waals surface area contributed by atoms with E-state index in [2.05, 4.69) is 20.5 Å². The van der Waals surface area contributed by atoms with E-state index in [0.717, 1.165) is 24.6 Å². The van der Waals surface area contributed by atoms with Crippen LogP contribution in [0.15, 0.2) is 29.3 Å². The molecule has 2 aliphatic heterocycles. The Hall–Kier alpha value is -2.57. The maximum Gasteiger partial charge on any atom is 0.254 e. The van der Waals surface area contributed by atoms with Crippen molar-refractivity contribution in [3.05, 3.63) is 35.4 Å². The second-order valence-electron chi connectivity index (χ2n) is 5.75. The van der Waals surface area contributed by atoms with Crippen LogP contribution in [-0.4, -0.2) is 67.3 Å². The van der Waals surface area contributed by atoms with Gasteiger partial charge in [0.2, 0.25) is 5.91 Å². The van der Waals surface area contributed by atoms with Crippen molar-refractivity contribution >= 4 is 17.8 Å². The van der Waals surface area contributed by atoms with Crippen molar-refractivity contribution < 1.29 is 9.59 Å². The second kappa shape index (κ2) is 6.68. The van der Waals surface area contributed by atoms with E-state index >= 15 is 0 Å².